The van der Waals surface area contributed by atoms with Crippen LogP contribution >= 0.6 is 0 Å². The Hall–Kier alpha value is -1.72. The van der Waals surface area contributed by atoms with Crippen LogP contribution in [0.3, 0.4) is 0 Å². The van der Waals surface area contributed by atoms with Crippen molar-refractivity contribution in [3.8, 4) is 0 Å². The Balaban J connectivity index is 1.63. The predicted octanol–water partition coefficient (Wildman–Crippen LogP) is 7.65. The van der Waals surface area contributed by atoms with Crippen molar-refractivity contribution in [2.75, 3.05) is 0 Å². The molecule has 0 aromatic rings. The van der Waals surface area contributed by atoms with Crippen LogP contribution in [0.1, 0.15) is 173 Å². The first-order chi connectivity index (χ1) is 19.1. The highest BCUT2D eigenvalue weighted by molar-refractivity contribution is 5.89. The van der Waals surface area contributed by atoms with Gasteiger partial charge < -0.3 is 10.6 Å². The molecule has 0 spiro atoms. The molecule has 0 saturated carbocycles. The molecule has 2 unspecified atom stereocenters. The minimum absolute atomic E-state index is 0.0328. The van der Waals surface area contributed by atoms with E-state index < -0.39 is 0 Å². The van der Waals surface area contributed by atoms with Gasteiger partial charge in [-0.25, -0.2) is 0 Å². The van der Waals surface area contributed by atoms with Gasteiger partial charge in [-0.2, -0.15) is 0 Å². The van der Waals surface area contributed by atoms with Crippen LogP contribution in [-0.4, -0.2) is 35.5 Å². The van der Waals surface area contributed by atoms with Crippen LogP contribution in [0.2, 0.25) is 0 Å². The van der Waals surface area contributed by atoms with E-state index in [-0.39, 0.29) is 35.5 Å². The van der Waals surface area contributed by atoms with Gasteiger partial charge in [0.2, 0.25) is 11.8 Å². The maximum atomic E-state index is 12.9. The van der Waals surface area contributed by atoms with Crippen LogP contribution in [0, 0.1) is 0 Å². The van der Waals surface area contributed by atoms with Gasteiger partial charge in [-0.1, -0.05) is 109 Å². The van der Waals surface area contributed by atoms with E-state index in [0.29, 0.717) is 25.7 Å². The van der Waals surface area contributed by atoms with E-state index in [1.54, 1.807) is 0 Å². The summed E-state index contributed by atoms with van der Waals surface area (Å²) < 4.78 is 0. The molecule has 2 amide bonds. The van der Waals surface area contributed by atoms with E-state index >= 15 is 0 Å². The third kappa shape index (κ3) is 16.9. The second kappa shape index (κ2) is 22.0. The quantitative estimate of drug-likeness (QED) is 0.275. The molecule has 0 aromatic carbocycles. The average Bonchev–Trinajstić information content (AvgIpc) is 2.95. The molecular formula is C33H58N2O4. The van der Waals surface area contributed by atoms with Crippen molar-refractivity contribution in [1.82, 2.24) is 10.6 Å². The molecule has 39 heavy (non-hydrogen) atoms. The van der Waals surface area contributed by atoms with Crippen molar-refractivity contribution in [2.24, 2.45) is 0 Å². The number of hydrogen-bond acceptors (Lipinski definition) is 4. The Kier molecular flexibility index (Phi) is 18.9. The van der Waals surface area contributed by atoms with Crippen LogP contribution in [0.25, 0.3) is 0 Å². The molecule has 2 N–H and O–H groups in total. The molecule has 224 valence electrons. The fraction of sp³-hybridized carbons (Fsp3) is 0.879. The maximum absolute atomic E-state index is 12.9. The van der Waals surface area contributed by atoms with Crippen LogP contribution in [0.5, 0.6) is 0 Å². The summed E-state index contributed by atoms with van der Waals surface area (Å²) in [5.74, 6) is 0.431. The molecule has 2 aliphatic heterocycles. The molecule has 0 bridgehead atoms. The highest BCUT2D eigenvalue weighted by Gasteiger charge is 2.21. The van der Waals surface area contributed by atoms with Gasteiger partial charge >= 0.3 is 0 Å². The third-order valence-electron chi connectivity index (χ3n) is 8.59. The smallest absolute Gasteiger partial charge is 0.220 e. The molecule has 0 aromatic heterocycles. The van der Waals surface area contributed by atoms with Gasteiger partial charge in [0.05, 0.1) is 12.1 Å². The zero-order chi connectivity index (χ0) is 28.0. The van der Waals surface area contributed by atoms with Crippen molar-refractivity contribution in [3.63, 3.8) is 0 Å². The highest BCUT2D eigenvalue weighted by Crippen LogP contribution is 2.17. The first kappa shape index (κ1) is 33.5. The summed E-state index contributed by atoms with van der Waals surface area (Å²) >= 11 is 0. The number of carbonyl (C=O) groups is 4. The highest BCUT2D eigenvalue weighted by atomic mass is 16.2. The Morgan fingerprint density at radius 3 is 1.15 bits per heavy atom. The first-order valence-electron chi connectivity index (χ1n) is 16.7. The molecule has 2 saturated heterocycles. The van der Waals surface area contributed by atoms with Gasteiger partial charge in [0.25, 0.3) is 0 Å². The Morgan fingerprint density at radius 1 is 0.462 bits per heavy atom. The molecule has 2 atom stereocenters. The average molecular weight is 547 g/mol. The topological polar surface area (TPSA) is 92.3 Å². The van der Waals surface area contributed by atoms with Gasteiger partial charge in [-0.3, -0.25) is 19.2 Å². The maximum Gasteiger partial charge on any atom is 0.220 e. The van der Waals surface area contributed by atoms with Crippen molar-refractivity contribution in [3.05, 3.63) is 0 Å². The predicted molar refractivity (Wildman–Crippen MR) is 159 cm³/mol. The fourth-order valence-corrected chi connectivity index (χ4v) is 6.03. The number of rotatable bonds is 10. The van der Waals surface area contributed by atoms with E-state index in [0.717, 1.165) is 96.3 Å². The van der Waals surface area contributed by atoms with Gasteiger partial charge in [0, 0.05) is 25.7 Å². The minimum Gasteiger partial charge on any atom is -0.346 e. The van der Waals surface area contributed by atoms with E-state index in [2.05, 4.69) is 10.6 Å². The standard InChI is InChI=1S/C33H58N2O4/c36-30(28-22-16-10-5-1-3-7-14-20-26-32(38)34-28)24-18-12-9-13-19-25-31(37)29-23-17-11-6-2-4-8-15-21-27-33(39)35-29/h28-29H,1-27H2,(H,34,38)(H,35,39). The molecule has 6 heteroatoms. The van der Waals surface area contributed by atoms with Gasteiger partial charge in [-0.05, 0) is 38.5 Å². The minimum atomic E-state index is -0.318. The van der Waals surface area contributed by atoms with Crippen LogP contribution in [-0.2, 0) is 19.2 Å². The molecule has 0 radical (unpaired) electrons. The van der Waals surface area contributed by atoms with Crippen molar-refractivity contribution in [2.45, 2.75) is 185 Å². The number of Topliss-reactive ketones (excluding diaryl/α,β-unsaturated/α-hetero) is 2. The van der Waals surface area contributed by atoms with Gasteiger partial charge in [0.15, 0.2) is 11.6 Å². The summed E-state index contributed by atoms with van der Waals surface area (Å²) in [6, 6.07) is -0.636. The first-order valence-corrected chi connectivity index (χ1v) is 16.7. The summed E-state index contributed by atoms with van der Waals surface area (Å²) in [4.78, 5) is 50.4. The molecule has 6 nitrogen and oxygen atoms in total. The number of hydrogen-bond donors (Lipinski definition) is 2. The normalized spacial score (nSPS) is 23.8. The lowest BCUT2D eigenvalue weighted by atomic mass is 9.97. The third-order valence-corrected chi connectivity index (χ3v) is 8.59. The van der Waals surface area contributed by atoms with Crippen molar-refractivity contribution in [1.29, 1.82) is 0 Å². The Labute approximate surface area is 238 Å². The van der Waals surface area contributed by atoms with E-state index in [1.807, 2.05) is 0 Å². The summed E-state index contributed by atoms with van der Waals surface area (Å²) in [6.07, 6.45) is 26.6. The van der Waals surface area contributed by atoms with Gasteiger partial charge in [-0.15, -0.1) is 0 Å². The molecule has 2 heterocycles. The number of amides is 2. The number of ketones is 2. The number of carbonyl (C=O) groups excluding carboxylic acids is 4. The molecule has 2 rings (SSSR count). The molecule has 2 aliphatic rings. The lowest BCUT2D eigenvalue weighted by Gasteiger charge is -2.18. The van der Waals surface area contributed by atoms with E-state index in [1.165, 1.54) is 51.4 Å². The zero-order valence-electron chi connectivity index (χ0n) is 24.9. The SMILES string of the molecule is O=C1CCCCCCCCCCC(C(=O)CCCCCCCC(=O)C2CCCCCCCCCCC(=O)N2)N1. The van der Waals surface area contributed by atoms with Crippen molar-refractivity contribution >= 4 is 23.4 Å². The number of nitrogens with one attached hydrogen (secondary N) is 2. The Morgan fingerprint density at radius 2 is 0.769 bits per heavy atom. The van der Waals surface area contributed by atoms with Crippen LogP contribution in [0.15, 0.2) is 0 Å². The number of unbranched alkanes of at least 4 members (excludes halogenated alkanes) is 4. The largest absolute Gasteiger partial charge is 0.346 e. The molecule has 2 fully saturated rings. The molecule has 0 aliphatic carbocycles. The molecular weight excluding hydrogens is 488 g/mol. The lowest BCUT2D eigenvalue weighted by Crippen LogP contribution is -2.40. The monoisotopic (exact) mass is 546 g/mol. The second-order valence-corrected chi connectivity index (χ2v) is 12.2. The van der Waals surface area contributed by atoms with E-state index in [4.69, 9.17) is 0 Å². The Bertz CT molecular complexity index is 650. The van der Waals surface area contributed by atoms with E-state index in [9.17, 15) is 19.2 Å². The summed E-state index contributed by atoms with van der Waals surface area (Å²) in [5.41, 5.74) is 0. The summed E-state index contributed by atoms with van der Waals surface area (Å²) in [7, 11) is 0. The zero-order valence-corrected chi connectivity index (χ0v) is 24.9. The van der Waals surface area contributed by atoms with Crippen LogP contribution in [0.4, 0.5) is 0 Å². The second-order valence-electron chi connectivity index (χ2n) is 12.2. The van der Waals surface area contributed by atoms with Crippen LogP contribution < -0.4 is 10.6 Å². The summed E-state index contributed by atoms with van der Waals surface area (Å²) in [6.45, 7) is 0. The lowest BCUT2D eigenvalue weighted by molar-refractivity contribution is -0.128. The van der Waals surface area contributed by atoms with Gasteiger partial charge in [0.1, 0.15) is 0 Å². The summed E-state index contributed by atoms with van der Waals surface area (Å²) in [5, 5.41) is 6.06. The fourth-order valence-electron chi connectivity index (χ4n) is 6.03. The van der Waals surface area contributed by atoms with Crippen molar-refractivity contribution < 1.29 is 19.2 Å².